The molecular weight excluding hydrogens is 204 g/mol. The van der Waals surface area contributed by atoms with Crippen LogP contribution in [0.5, 0.6) is 0 Å². The van der Waals surface area contributed by atoms with Crippen LogP contribution in [-0.4, -0.2) is 14.6 Å². The number of benzene rings is 1. The van der Waals surface area contributed by atoms with Gasteiger partial charge in [0.1, 0.15) is 0 Å². The molecule has 1 rings (SSSR count). The molecule has 0 aliphatic heterocycles. The zero-order valence-electron chi connectivity index (χ0n) is 10.4. The van der Waals surface area contributed by atoms with Gasteiger partial charge in [-0.15, -0.1) is 0 Å². The van der Waals surface area contributed by atoms with Gasteiger partial charge in [0, 0.05) is 26.0 Å². The third-order valence-electron chi connectivity index (χ3n) is 1.53. The highest BCUT2D eigenvalue weighted by molar-refractivity contribution is 8.71. The average Bonchev–Trinajstić information content (AvgIpc) is 2.08. The second-order valence-electron chi connectivity index (χ2n) is 2.81. The van der Waals surface area contributed by atoms with E-state index in [1.165, 1.54) is 0 Å². The molecule has 72 valence electrons. The highest BCUT2D eigenvalue weighted by Gasteiger charge is 2.07. The molecule has 0 amide bonds. The van der Waals surface area contributed by atoms with Gasteiger partial charge in [0.25, 0.3) is 0 Å². The Morgan fingerprint density at radius 3 is 2.62 bits per heavy atom. The second kappa shape index (κ2) is 3.72. The summed E-state index contributed by atoms with van der Waals surface area (Å²) in [6.45, 7) is 3.64. The first-order valence-electron chi connectivity index (χ1n) is 5.15. The van der Waals surface area contributed by atoms with E-state index >= 15 is 0 Å². The van der Waals surface area contributed by atoms with Crippen molar-refractivity contribution in [3.05, 3.63) is 29.3 Å². The predicted molar refractivity (Wildman–Crippen MR) is 56.6 cm³/mol. The maximum Gasteiger partial charge on any atom is 0.203 e. The largest absolute Gasteiger partial charge is 0.217 e. The Morgan fingerprint density at radius 2 is 2.08 bits per heavy atom. The molecule has 0 saturated heterocycles. The summed E-state index contributed by atoms with van der Waals surface area (Å²) in [5, 5.41) is 0. The molecule has 0 aromatic heterocycles. The van der Waals surface area contributed by atoms with Crippen molar-refractivity contribution in [2.75, 3.05) is 6.18 Å². The lowest BCUT2D eigenvalue weighted by atomic mass is 10.2. The first-order valence-corrected chi connectivity index (χ1v) is 6.46. The van der Waals surface area contributed by atoms with Crippen molar-refractivity contribution in [2.45, 2.75) is 18.7 Å². The van der Waals surface area contributed by atoms with Crippen LogP contribution in [0.25, 0.3) is 0 Å². The quantitative estimate of drug-likeness (QED) is 0.716. The highest BCUT2D eigenvalue weighted by atomic mass is 33.1. The first kappa shape index (κ1) is 6.90. The van der Waals surface area contributed by atoms with Gasteiger partial charge in [0.2, 0.25) is 8.87 Å². The Bertz CT molecular complexity index is 492. The smallest absolute Gasteiger partial charge is 0.203 e. The molecule has 0 radical (unpaired) electrons. The number of rotatable bonds is 2. The lowest BCUT2D eigenvalue weighted by molar-refractivity contribution is 0.615. The van der Waals surface area contributed by atoms with Gasteiger partial charge in [-0.2, -0.15) is 0 Å². The number of hydrogen-bond donors (Lipinski definition) is 0. The van der Waals surface area contributed by atoms with E-state index in [0.717, 1.165) is 11.1 Å². The molecule has 0 unspecified atom stereocenters. The standard InChI is InChI=1S/C9H12O2S2/c1-7-4-5-9(8(2)6-7)12-13(3,10)11/h4-6H,1-3H3/i3D3. The Balaban J connectivity index is 3.07. The molecule has 0 aliphatic carbocycles. The maximum absolute atomic E-state index is 11.5. The van der Waals surface area contributed by atoms with E-state index in [1.807, 2.05) is 13.0 Å². The molecule has 0 heterocycles. The second-order valence-corrected chi connectivity index (χ2v) is 6.14. The van der Waals surface area contributed by atoms with Crippen LogP contribution in [-0.2, 0) is 8.87 Å². The third kappa shape index (κ3) is 3.40. The minimum absolute atomic E-state index is 0.398. The molecule has 1 aromatic carbocycles. The van der Waals surface area contributed by atoms with Crippen LogP contribution < -0.4 is 0 Å². The van der Waals surface area contributed by atoms with E-state index in [9.17, 15) is 8.42 Å². The third-order valence-corrected chi connectivity index (χ3v) is 3.58. The van der Waals surface area contributed by atoms with E-state index < -0.39 is 15.1 Å². The van der Waals surface area contributed by atoms with Gasteiger partial charge >= 0.3 is 0 Å². The van der Waals surface area contributed by atoms with Crippen molar-refractivity contribution < 1.29 is 12.5 Å². The lowest BCUT2D eigenvalue weighted by Crippen LogP contribution is -1.90. The van der Waals surface area contributed by atoms with Gasteiger partial charge in [-0.3, -0.25) is 0 Å². The molecule has 0 bridgehead atoms. The van der Waals surface area contributed by atoms with E-state index in [4.69, 9.17) is 4.11 Å². The molecule has 2 nitrogen and oxygen atoms in total. The summed E-state index contributed by atoms with van der Waals surface area (Å²) in [5.74, 6) is 0. The van der Waals surface area contributed by atoms with E-state index in [0.29, 0.717) is 15.7 Å². The Kier molecular flexibility index (Phi) is 1.97. The first-order chi connectivity index (χ1) is 7.13. The molecular formula is C9H12O2S2. The minimum Gasteiger partial charge on any atom is -0.217 e. The molecule has 0 fully saturated rings. The van der Waals surface area contributed by atoms with Crippen LogP contribution in [0.2, 0.25) is 0 Å². The predicted octanol–water partition coefficient (Wildman–Crippen LogP) is 2.36. The van der Waals surface area contributed by atoms with Crippen molar-refractivity contribution in [3.63, 3.8) is 0 Å². The molecule has 0 saturated carbocycles. The average molecular weight is 219 g/mol. The van der Waals surface area contributed by atoms with Gasteiger partial charge < -0.3 is 0 Å². The summed E-state index contributed by atoms with van der Waals surface area (Å²) in [6.07, 6.45) is -2.98. The fraction of sp³-hybridized carbons (Fsp3) is 0.333. The monoisotopic (exact) mass is 219 g/mol. The van der Waals surface area contributed by atoms with Crippen molar-refractivity contribution >= 4 is 19.7 Å². The number of hydrogen-bond acceptors (Lipinski definition) is 3. The van der Waals surface area contributed by atoms with E-state index in [2.05, 4.69) is 0 Å². The van der Waals surface area contributed by atoms with Gasteiger partial charge in [0.05, 0.1) is 0 Å². The summed E-state index contributed by atoms with van der Waals surface area (Å²) >= 11 is 0. The Hall–Kier alpha value is -0.480. The Morgan fingerprint density at radius 1 is 1.38 bits per heavy atom. The Labute approximate surface area is 86.9 Å². The van der Waals surface area contributed by atoms with Gasteiger partial charge in [-0.25, -0.2) is 8.42 Å². The summed E-state index contributed by atoms with van der Waals surface area (Å²) in [6, 6.07) is 5.19. The lowest BCUT2D eigenvalue weighted by Gasteiger charge is -2.03. The molecule has 0 N–H and O–H groups in total. The van der Waals surface area contributed by atoms with Crippen LogP contribution in [0.4, 0.5) is 0 Å². The SMILES string of the molecule is [2H]C([2H])([2H])S(=O)(=O)Sc1ccc(C)cc1C. The fourth-order valence-electron chi connectivity index (χ4n) is 1.01. The number of aryl methyl sites for hydroxylation is 2. The fourth-order valence-corrected chi connectivity index (χ4v) is 2.83. The van der Waals surface area contributed by atoms with E-state index in [1.54, 1.807) is 19.1 Å². The topological polar surface area (TPSA) is 34.1 Å². The van der Waals surface area contributed by atoms with Crippen LogP contribution in [0.15, 0.2) is 23.1 Å². The van der Waals surface area contributed by atoms with Gasteiger partial charge in [-0.1, -0.05) is 17.7 Å². The van der Waals surface area contributed by atoms with Gasteiger partial charge in [-0.05, 0) is 25.5 Å². The molecule has 13 heavy (non-hydrogen) atoms. The molecule has 0 atom stereocenters. The van der Waals surface area contributed by atoms with Crippen molar-refractivity contribution in [1.29, 1.82) is 0 Å². The molecule has 0 aliphatic rings. The van der Waals surface area contributed by atoms with Crippen molar-refractivity contribution in [1.82, 2.24) is 0 Å². The zero-order chi connectivity index (χ0) is 12.6. The molecule has 0 spiro atoms. The highest BCUT2D eigenvalue weighted by Crippen LogP contribution is 2.27. The summed E-state index contributed by atoms with van der Waals surface area (Å²) in [4.78, 5) is 0.460. The molecule has 1 aromatic rings. The van der Waals surface area contributed by atoms with Crippen molar-refractivity contribution in [2.24, 2.45) is 0 Å². The van der Waals surface area contributed by atoms with Crippen LogP contribution >= 0.6 is 10.8 Å². The van der Waals surface area contributed by atoms with Crippen LogP contribution in [0.3, 0.4) is 0 Å². The van der Waals surface area contributed by atoms with Crippen LogP contribution in [0, 0.1) is 13.8 Å². The minimum atomic E-state index is -4.17. The summed E-state index contributed by atoms with van der Waals surface area (Å²) < 4.78 is 43.7. The molecule has 4 heteroatoms. The van der Waals surface area contributed by atoms with Crippen LogP contribution in [0.1, 0.15) is 15.2 Å². The van der Waals surface area contributed by atoms with E-state index in [-0.39, 0.29) is 0 Å². The normalized spacial score (nSPS) is 16.0. The van der Waals surface area contributed by atoms with Gasteiger partial charge in [0.15, 0.2) is 0 Å². The zero-order valence-corrected chi connectivity index (χ0v) is 9.00. The summed E-state index contributed by atoms with van der Waals surface area (Å²) in [5.41, 5.74) is 1.77. The maximum atomic E-state index is 11.5. The summed E-state index contributed by atoms with van der Waals surface area (Å²) in [7, 11) is -3.77. The van der Waals surface area contributed by atoms with Crippen molar-refractivity contribution in [3.8, 4) is 0 Å².